The van der Waals surface area contributed by atoms with E-state index in [-0.39, 0.29) is 42.4 Å². The number of hydrogen-bond acceptors (Lipinski definition) is 4. The molecular formula is C10H14O4. The van der Waals surface area contributed by atoms with Crippen LogP contribution in [0.4, 0.5) is 0 Å². The first-order chi connectivity index (χ1) is 6.50. The Bertz CT molecular complexity index is 269. The molecule has 0 aromatic rings. The minimum absolute atomic E-state index is 0.0394. The third-order valence-corrected chi connectivity index (χ3v) is 2.58. The number of carbonyl (C=O) groups excluding carboxylic acids is 3. The molecule has 2 atom stereocenters. The van der Waals surface area contributed by atoms with Gasteiger partial charge in [0.25, 0.3) is 0 Å². The second kappa shape index (κ2) is 4.35. The van der Waals surface area contributed by atoms with Gasteiger partial charge in [0.05, 0.1) is 13.0 Å². The van der Waals surface area contributed by atoms with Crippen LogP contribution < -0.4 is 0 Å². The van der Waals surface area contributed by atoms with Crippen molar-refractivity contribution in [2.45, 2.75) is 26.7 Å². The molecular weight excluding hydrogens is 184 g/mol. The highest BCUT2D eigenvalue weighted by atomic mass is 16.5. The van der Waals surface area contributed by atoms with Gasteiger partial charge in [-0.1, -0.05) is 6.92 Å². The molecule has 0 spiro atoms. The predicted octanol–water partition coefficient (Wildman–Crippen LogP) is 0.734. The van der Waals surface area contributed by atoms with Gasteiger partial charge in [0.1, 0.15) is 11.6 Å². The first-order valence-corrected chi connectivity index (χ1v) is 4.68. The van der Waals surface area contributed by atoms with E-state index in [1.54, 1.807) is 6.92 Å². The molecule has 0 heterocycles. The molecule has 4 heteroatoms. The van der Waals surface area contributed by atoms with Crippen LogP contribution in [-0.4, -0.2) is 24.1 Å². The van der Waals surface area contributed by atoms with Gasteiger partial charge in [0.15, 0.2) is 0 Å². The third-order valence-electron chi connectivity index (χ3n) is 2.58. The molecule has 4 nitrogen and oxygen atoms in total. The van der Waals surface area contributed by atoms with E-state index in [9.17, 15) is 14.4 Å². The number of hydrogen-bond donors (Lipinski definition) is 0. The van der Waals surface area contributed by atoms with Gasteiger partial charge in [-0.25, -0.2) is 0 Å². The minimum Gasteiger partial charge on any atom is -0.466 e. The molecule has 0 aliphatic heterocycles. The van der Waals surface area contributed by atoms with Crippen LogP contribution in [0.2, 0.25) is 0 Å². The average Bonchev–Trinajstić information content (AvgIpc) is 2.08. The number of rotatable bonds is 2. The Hall–Kier alpha value is -1.19. The van der Waals surface area contributed by atoms with Crippen LogP contribution in [0.15, 0.2) is 0 Å². The molecule has 0 aromatic carbocycles. The van der Waals surface area contributed by atoms with Crippen LogP contribution in [0, 0.1) is 11.8 Å². The minimum atomic E-state index is -0.373. The zero-order valence-electron chi connectivity index (χ0n) is 8.41. The highest BCUT2D eigenvalue weighted by molar-refractivity contribution is 6.02. The summed E-state index contributed by atoms with van der Waals surface area (Å²) in [4.78, 5) is 33.0. The quantitative estimate of drug-likeness (QED) is 0.485. The van der Waals surface area contributed by atoms with Crippen molar-refractivity contribution in [3.63, 3.8) is 0 Å². The second-order valence-electron chi connectivity index (χ2n) is 3.74. The van der Waals surface area contributed by atoms with Crippen LogP contribution in [0.3, 0.4) is 0 Å². The maximum atomic E-state index is 11.3. The van der Waals surface area contributed by atoms with Crippen LogP contribution in [0.1, 0.15) is 26.7 Å². The lowest BCUT2D eigenvalue weighted by atomic mass is 9.79. The third kappa shape index (κ3) is 2.65. The van der Waals surface area contributed by atoms with E-state index in [1.807, 2.05) is 0 Å². The van der Waals surface area contributed by atoms with Crippen molar-refractivity contribution in [3.05, 3.63) is 0 Å². The predicted molar refractivity (Wildman–Crippen MR) is 48.5 cm³/mol. The summed E-state index contributed by atoms with van der Waals surface area (Å²) in [6, 6.07) is 0. The summed E-state index contributed by atoms with van der Waals surface area (Å²) in [5, 5.41) is 0. The van der Waals surface area contributed by atoms with E-state index in [0.717, 1.165) is 0 Å². The number of ether oxygens (including phenoxy) is 1. The molecule has 78 valence electrons. The van der Waals surface area contributed by atoms with Crippen LogP contribution in [0.5, 0.6) is 0 Å². The lowest BCUT2D eigenvalue weighted by molar-refractivity contribution is -0.147. The summed E-state index contributed by atoms with van der Waals surface area (Å²) < 4.78 is 4.81. The molecule has 0 radical (unpaired) electrons. The molecule has 1 fully saturated rings. The molecule has 1 aliphatic rings. The molecule has 1 aliphatic carbocycles. The Morgan fingerprint density at radius 2 is 2.14 bits per heavy atom. The topological polar surface area (TPSA) is 60.4 Å². The van der Waals surface area contributed by atoms with Crippen molar-refractivity contribution in [1.29, 1.82) is 0 Å². The molecule has 0 bridgehead atoms. The molecule has 0 aromatic heterocycles. The second-order valence-corrected chi connectivity index (χ2v) is 3.74. The molecule has 1 rings (SSSR count). The lowest BCUT2D eigenvalue weighted by Gasteiger charge is -2.25. The monoisotopic (exact) mass is 198 g/mol. The van der Waals surface area contributed by atoms with Crippen LogP contribution in [0.25, 0.3) is 0 Å². The molecule has 1 saturated carbocycles. The van der Waals surface area contributed by atoms with E-state index >= 15 is 0 Å². The van der Waals surface area contributed by atoms with Crippen molar-refractivity contribution in [1.82, 2.24) is 0 Å². The highest BCUT2D eigenvalue weighted by Crippen LogP contribution is 2.25. The summed E-state index contributed by atoms with van der Waals surface area (Å²) in [5.74, 6) is -0.772. The van der Waals surface area contributed by atoms with Gasteiger partial charge < -0.3 is 4.74 Å². The van der Waals surface area contributed by atoms with Crippen LogP contribution >= 0.6 is 0 Å². The van der Waals surface area contributed by atoms with E-state index < -0.39 is 0 Å². The van der Waals surface area contributed by atoms with Crippen LogP contribution in [-0.2, 0) is 19.1 Å². The summed E-state index contributed by atoms with van der Waals surface area (Å²) in [7, 11) is 0. The standard InChI is InChI=1S/C10H14O4/c1-6-8(5-14-7(2)11)3-9(12)4-10(6)13/h6,8H,3-5H2,1-2H3. The zero-order valence-corrected chi connectivity index (χ0v) is 8.41. The van der Waals surface area contributed by atoms with E-state index in [4.69, 9.17) is 4.74 Å². The van der Waals surface area contributed by atoms with Crippen molar-refractivity contribution in [2.75, 3.05) is 6.61 Å². The summed E-state index contributed by atoms with van der Waals surface area (Å²) in [6.45, 7) is 3.27. The molecule has 2 unspecified atom stereocenters. The lowest BCUT2D eigenvalue weighted by Crippen LogP contribution is -2.34. The number of esters is 1. The normalized spacial score (nSPS) is 27.6. The molecule has 0 amide bonds. The first kappa shape index (κ1) is 10.9. The Kier molecular flexibility index (Phi) is 3.38. The fourth-order valence-electron chi connectivity index (χ4n) is 1.59. The average molecular weight is 198 g/mol. The van der Waals surface area contributed by atoms with Gasteiger partial charge in [-0.05, 0) is 0 Å². The summed E-state index contributed by atoms with van der Waals surface area (Å²) in [5.41, 5.74) is 0. The van der Waals surface area contributed by atoms with Gasteiger partial charge in [-0.15, -0.1) is 0 Å². The van der Waals surface area contributed by atoms with Crippen molar-refractivity contribution < 1.29 is 19.1 Å². The van der Waals surface area contributed by atoms with E-state index in [0.29, 0.717) is 6.42 Å². The van der Waals surface area contributed by atoms with E-state index in [2.05, 4.69) is 0 Å². The van der Waals surface area contributed by atoms with Gasteiger partial charge in [-0.3, -0.25) is 14.4 Å². The van der Waals surface area contributed by atoms with Crippen molar-refractivity contribution in [2.24, 2.45) is 11.8 Å². The first-order valence-electron chi connectivity index (χ1n) is 4.68. The fourth-order valence-corrected chi connectivity index (χ4v) is 1.59. The molecule has 0 saturated heterocycles. The van der Waals surface area contributed by atoms with Crippen molar-refractivity contribution >= 4 is 17.5 Å². The SMILES string of the molecule is CC(=O)OCC1CC(=O)CC(=O)C1C. The van der Waals surface area contributed by atoms with Gasteiger partial charge >= 0.3 is 5.97 Å². The summed E-state index contributed by atoms with van der Waals surface area (Å²) in [6.07, 6.45) is 0.387. The number of ketones is 2. The Balaban J connectivity index is 2.53. The number of carbonyl (C=O) groups is 3. The van der Waals surface area contributed by atoms with E-state index in [1.165, 1.54) is 6.92 Å². The fraction of sp³-hybridized carbons (Fsp3) is 0.700. The number of Topliss-reactive ketones (excluding diaryl/α,β-unsaturated/α-hetero) is 2. The van der Waals surface area contributed by atoms with Crippen molar-refractivity contribution in [3.8, 4) is 0 Å². The van der Waals surface area contributed by atoms with Gasteiger partial charge in [-0.2, -0.15) is 0 Å². The highest BCUT2D eigenvalue weighted by Gasteiger charge is 2.33. The van der Waals surface area contributed by atoms with Gasteiger partial charge in [0.2, 0.25) is 0 Å². The van der Waals surface area contributed by atoms with Gasteiger partial charge in [0, 0.05) is 25.2 Å². The molecule has 0 N–H and O–H groups in total. The summed E-state index contributed by atoms with van der Waals surface area (Å²) >= 11 is 0. The smallest absolute Gasteiger partial charge is 0.302 e. The Morgan fingerprint density at radius 3 is 2.71 bits per heavy atom. The zero-order chi connectivity index (χ0) is 10.7. The Labute approximate surface area is 82.6 Å². The maximum absolute atomic E-state index is 11.3. The largest absolute Gasteiger partial charge is 0.466 e. The Morgan fingerprint density at radius 1 is 1.50 bits per heavy atom. The maximum Gasteiger partial charge on any atom is 0.302 e. The molecule has 14 heavy (non-hydrogen) atoms.